The number of rotatable bonds is 5. The van der Waals surface area contributed by atoms with Crippen molar-refractivity contribution in [2.75, 3.05) is 33.4 Å². The minimum atomic E-state index is -0.174. The first-order valence-electron chi connectivity index (χ1n) is 9.74. The van der Waals surface area contributed by atoms with E-state index in [1.807, 2.05) is 19.2 Å². The van der Waals surface area contributed by atoms with Gasteiger partial charge >= 0.3 is 0 Å². The number of hydrogen-bond acceptors (Lipinski definition) is 7. The van der Waals surface area contributed by atoms with Gasteiger partial charge in [-0.05, 0) is 13.3 Å². The lowest BCUT2D eigenvalue weighted by molar-refractivity contribution is -0.0349. The van der Waals surface area contributed by atoms with E-state index in [0.717, 1.165) is 56.3 Å². The van der Waals surface area contributed by atoms with Crippen LogP contribution in [0.5, 0.6) is 0 Å². The second-order valence-electron chi connectivity index (χ2n) is 7.41. The molecular weight excluding hydrogens is 362 g/mol. The average molecular weight is 389 g/mol. The minimum absolute atomic E-state index is 0.0218. The van der Waals surface area contributed by atoms with E-state index in [9.17, 15) is 4.79 Å². The van der Waals surface area contributed by atoms with Gasteiger partial charge in [-0.1, -0.05) is 5.16 Å². The SMILES string of the molecule is CO[C@@H]1CCOC[C@H]1NC(=O)c1cn2c(n1)CCN(Cc1cc(C)no1)CC2. The zero-order valence-corrected chi connectivity index (χ0v) is 16.4. The molecule has 9 heteroatoms. The molecule has 2 aromatic heterocycles. The number of fused-ring (bicyclic) bond motifs is 1. The largest absolute Gasteiger partial charge is 0.379 e. The van der Waals surface area contributed by atoms with Crippen LogP contribution < -0.4 is 5.32 Å². The maximum absolute atomic E-state index is 12.7. The Morgan fingerprint density at radius 3 is 3.07 bits per heavy atom. The van der Waals surface area contributed by atoms with Crippen LogP contribution in [0.4, 0.5) is 0 Å². The van der Waals surface area contributed by atoms with Crippen LogP contribution in [-0.2, 0) is 29.0 Å². The Hall–Kier alpha value is -2.23. The molecule has 0 aliphatic carbocycles. The molecular formula is C19H27N5O4. The van der Waals surface area contributed by atoms with Crippen molar-refractivity contribution in [3.8, 4) is 0 Å². The average Bonchev–Trinajstić information content (AvgIpc) is 3.25. The molecule has 152 valence electrons. The summed E-state index contributed by atoms with van der Waals surface area (Å²) in [4.78, 5) is 19.6. The fourth-order valence-corrected chi connectivity index (χ4v) is 3.82. The van der Waals surface area contributed by atoms with Crippen LogP contribution in [-0.4, -0.2) is 71.1 Å². The van der Waals surface area contributed by atoms with Crippen molar-refractivity contribution in [2.45, 2.75) is 45.0 Å². The molecule has 1 amide bonds. The molecule has 0 radical (unpaired) electrons. The first kappa shape index (κ1) is 19.1. The van der Waals surface area contributed by atoms with Gasteiger partial charge in [0, 0.05) is 52.0 Å². The van der Waals surface area contributed by atoms with Crippen molar-refractivity contribution in [1.82, 2.24) is 24.9 Å². The highest BCUT2D eigenvalue weighted by molar-refractivity contribution is 5.92. The summed E-state index contributed by atoms with van der Waals surface area (Å²) in [6.07, 6.45) is 3.39. The highest BCUT2D eigenvalue weighted by Gasteiger charge is 2.28. The van der Waals surface area contributed by atoms with Crippen LogP contribution in [0, 0.1) is 6.92 Å². The smallest absolute Gasteiger partial charge is 0.271 e. The lowest BCUT2D eigenvalue weighted by atomic mass is 10.1. The number of carbonyl (C=O) groups excluding carboxylic acids is 1. The van der Waals surface area contributed by atoms with Crippen LogP contribution in [0.15, 0.2) is 16.8 Å². The van der Waals surface area contributed by atoms with Crippen molar-refractivity contribution in [1.29, 1.82) is 0 Å². The number of nitrogens with one attached hydrogen (secondary N) is 1. The highest BCUT2D eigenvalue weighted by atomic mass is 16.5. The van der Waals surface area contributed by atoms with E-state index >= 15 is 0 Å². The fourth-order valence-electron chi connectivity index (χ4n) is 3.82. The van der Waals surface area contributed by atoms with Gasteiger partial charge in [0.15, 0.2) is 5.76 Å². The molecule has 4 heterocycles. The first-order chi connectivity index (χ1) is 13.6. The maximum Gasteiger partial charge on any atom is 0.271 e. The van der Waals surface area contributed by atoms with Crippen LogP contribution in [0.2, 0.25) is 0 Å². The Bertz CT molecular complexity index is 792. The molecule has 0 aromatic carbocycles. The number of imidazole rings is 1. The van der Waals surface area contributed by atoms with Gasteiger partial charge in [0.1, 0.15) is 11.5 Å². The second kappa shape index (κ2) is 8.42. The van der Waals surface area contributed by atoms with Crippen molar-refractivity contribution >= 4 is 5.91 Å². The van der Waals surface area contributed by atoms with Gasteiger partial charge in [-0.15, -0.1) is 0 Å². The topological polar surface area (TPSA) is 94.6 Å². The third kappa shape index (κ3) is 4.26. The van der Waals surface area contributed by atoms with Crippen LogP contribution in [0.1, 0.15) is 34.2 Å². The highest BCUT2D eigenvalue weighted by Crippen LogP contribution is 2.15. The van der Waals surface area contributed by atoms with E-state index < -0.39 is 0 Å². The standard InChI is InChI=1S/C19H27N5O4/c1-13-9-14(28-22-13)10-23-5-3-18-20-15(11-24(18)7-6-23)19(25)21-16-12-27-8-4-17(16)26-2/h9,11,16-17H,3-8,10,12H2,1-2H3,(H,21,25)/t16-,17-/m1/s1. The van der Waals surface area contributed by atoms with Gasteiger partial charge in [0.25, 0.3) is 5.91 Å². The zero-order valence-electron chi connectivity index (χ0n) is 16.4. The molecule has 2 aliphatic heterocycles. The van der Waals surface area contributed by atoms with Gasteiger partial charge in [-0.3, -0.25) is 9.69 Å². The van der Waals surface area contributed by atoms with Crippen molar-refractivity contribution < 1.29 is 18.8 Å². The predicted octanol–water partition coefficient (Wildman–Crippen LogP) is 0.772. The van der Waals surface area contributed by atoms with E-state index in [1.54, 1.807) is 7.11 Å². The summed E-state index contributed by atoms with van der Waals surface area (Å²) in [7, 11) is 1.67. The lowest BCUT2D eigenvalue weighted by Crippen LogP contribution is -2.50. The number of aromatic nitrogens is 3. The summed E-state index contributed by atoms with van der Waals surface area (Å²) >= 11 is 0. The molecule has 9 nitrogen and oxygen atoms in total. The minimum Gasteiger partial charge on any atom is -0.379 e. The predicted molar refractivity (Wildman–Crippen MR) is 99.9 cm³/mol. The Morgan fingerprint density at radius 2 is 2.29 bits per heavy atom. The lowest BCUT2D eigenvalue weighted by Gasteiger charge is -2.30. The summed E-state index contributed by atoms with van der Waals surface area (Å²) in [6, 6.07) is 1.82. The molecule has 2 aliphatic rings. The van der Waals surface area contributed by atoms with Gasteiger partial charge in [-0.25, -0.2) is 4.98 Å². The monoisotopic (exact) mass is 389 g/mol. The zero-order chi connectivity index (χ0) is 19.5. The van der Waals surface area contributed by atoms with Crippen molar-refractivity contribution in [3.05, 3.63) is 35.2 Å². The molecule has 28 heavy (non-hydrogen) atoms. The number of ether oxygens (including phenoxy) is 2. The molecule has 1 fully saturated rings. The molecule has 2 aromatic rings. The molecule has 0 unspecified atom stereocenters. The van der Waals surface area contributed by atoms with Crippen LogP contribution >= 0.6 is 0 Å². The van der Waals surface area contributed by atoms with E-state index in [4.69, 9.17) is 14.0 Å². The van der Waals surface area contributed by atoms with E-state index in [1.165, 1.54) is 0 Å². The summed E-state index contributed by atoms with van der Waals surface area (Å²) in [5, 5.41) is 6.95. The summed E-state index contributed by atoms with van der Waals surface area (Å²) < 4.78 is 18.3. The second-order valence-corrected chi connectivity index (χ2v) is 7.41. The number of carbonyl (C=O) groups is 1. The van der Waals surface area contributed by atoms with Crippen LogP contribution in [0.3, 0.4) is 0 Å². The van der Waals surface area contributed by atoms with Crippen molar-refractivity contribution in [3.63, 3.8) is 0 Å². The first-order valence-corrected chi connectivity index (χ1v) is 9.74. The van der Waals surface area contributed by atoms with Gasteiger partial charge < -0.3 is 23.9 Å². The number of amides is 1. The third-order valence-corrected chi connectivity index (χ3v) is 5.37. The molecule has 4 rings (SSSR count). The maximum atomic E-state index is 12.7. The molecule has 0 spiro atoms. The molecule has 0 saturated carbocycles. The molecule has 1 N–H and O–H groups in total. The van der Waals surface area contributed by atoms with Gasteiger partial charge in [0.2, 0.25) is 0 Å². The Kier molecular flexibility index (Phi) is 5.74. The third-order valence-electron chi connectivity index (χ3n) is 5.37. The number of nitrogens with zero attached hydrogens (tertiary/aromatic N) is 4. The normalized spacial score (nSPS) is 23.2. The van der Waals surface area contributed by atoms with Gasteiger partial charge in [0.05, 0.1) is 31.0 Å². The molecule has 0 bridgehead atoms. The van der Waals surface area contributed by atoms with Crippen LogP contribution in [0.25, 0.3) is 0 Å². The number of methoxy groups -OCH3 is 1. The molecule has 1 saturated heterocycles. The van der Waals surface area contributed by atoms with E-state index in [-0.39, 0.29) is 18.1 Å². The Morgan fingerprint density at radius 1 is 1.39 bits per heavy atom. The fraction of sp³-hybridized carbons (Fsp3) is 0.632. The van der Waals surface area contributed by atoms with Gasteiger partial charge in [-0.2, -0.15) is 0 Å². The van der Waals surface area contributed by atoms with E-state index in [0.29, 0.717) is 18.9 Å². The van der Waals surface area contributed by atoms with Crippen molar-refractivity contribution in [2.24, 2.45) is 0 Å². The quantitative estimate of drug-likeness (QED) is 0.807. The van der Waals surface area contributed by atoms with E-state index in [2.05, 4.69) is 24.9 Å². The summed E-state index contributed by atoms with van der Waals surface area (Å²) in [5.41, 5.74) is 1.35. The summed E-state index contributed by atoms with van der Waals surface area (Å²) in [5.74, 6) is 1.64. The summed E-state index contributed by atoms with van der Waals surface area (Å²) in [6.45, 7) is 6.30. The Balaban J connectivity index is 1.36. The molecule has 2 atom stereocenters. The number of aryl methyl sites for hydroxylation is 1. The Labute approximate surface area is 164 Å². The number of hydrogen-bond donors (Lipinski definition) is 1.